The van der Waals surface area contributed by atoms with Crippen molar-refractivity contribution in [1.82, 2.24) is 0 Å². The lowest BCUT2D eigenvalue weighted by atomic mass is 9.59. The highest BCUT2D eigenvalue weighted by Crippen LogP contribution is 2.74. The highest BCUT2D eigenvalue weighted by atomic mass is 16.6. The Hall–Kier alpha value is -6.55. The van der Waals surface area contributed by atoms with Crippen molar-refractivity contribution in [1.29, 1.82) is 0 Å². The molecule has 0 radical (unpaired) electrons. The maximum Gasteiger partial charge on any atom is 0.273 e. The van der Waals surface area contributed by atoms with Crippen LogP contribution >= 0.6 is 0 Å². The van der Waals surface area contributed by atoms with Gasteiger partial charge in [0.2, 0.25) is 11.8 Å². The van der Waals surface area contributed by atoms with Gasteiger partial charge < -0.3 is 14.2 Å². The monoisotopic (exact) mass is 692 g/mol. The number of carbonyl (C=O) groups is 3. The topological polar surface area (TPSA) is 125 Å². The van der Waals surface area contributed by atoms with Gasteiger partial charge in [0.25, 0.3) is 5.69 Å². The Kier molecular flexibility index (Phi) is 7.56. The van der Waals surface area contributed by atoms with Crippen LogP contribution in [0, 0.1) is 22.0 Å². The molecule has 2 amide bonds. The van der Waals surface area contributed by atoms with Crippen LogP contribution in [0.4, 0.5) is 11.4 Å². The summed E-state index contributed by atoms with van der Waals surface area (Å²) < 4.78 is 16.6. The number of carbonyl (C=O) groups excluding carboxylic acids is 3. The first kappa shape index (κ1) is 32.6. The van der Waals surface area contributed by atoms with Crippen LogP contribution < -0.4 is 19.1 Å². The number of hydrogen-bond donors (Lipinski definition) is 0. The fourth-order valence-electron chi connectivity index (χ4n) is 8.84. The summed E-state index contributed by atoms with van der Waals surface area (Å²) in [7, 11) is 4.47. The molecule has 258 valence electrons. The maximum absolute atomic E-state index is 16.1. The molecule has 2 fully saturated rings. The summed E-state index contributed by atoms with van der Waals surface area (Å²) >= 11 is 0. The van der Waals surface area contributed by atoms with Gasteiger partial charge in [0.15, 0.2) is 5.78 Å². The molecule has 1 heterocycles. The highest BCUT2D eigenvalue weighted by Gasteiger charge is 2.82. The van der Waals surface area contributed by atoms with E-state index in [1.54, 1.807) is 14.2 Å². The second-order valence-corrected chi connectivity index (χ2v) is 13.0. The van der Waals surface area contributed by atoms with Crippen molar-refractivity contribution in [2.24, 2.45) is 11.8 Å². The molecule has 1 saturated carbocycles. The molecule has 8 rings (SSSR count). The number of methoxy groups -OCH3 is 3. The van der Waals surface area contributed by atoms with Crippen molar-refractivity contribution in [3.63, 3.8) is 0 Å². The van der Waals surface area contributed by atoms with Crippen molar-refractivity contribution < 1.29 is 33.5 Å². The van der Waals surface area contributed by atoms with Crippen molar-refractivity contribution in [2.75, 3.05) is 26.2 Å². The average Bonchev–Trinajstić information content (AvgIpc) is 3.70. The number of nitro benzene ring substituents is 1. The zero-order valence-electron chi connectivity index (χ0n) is 28.4. The first-order valence-electron chi connectivity index (χ1n) is 16.6. The molecule has 0 aromatic heterocycles. The molecule has 0 spiro atoms. The summed E-state index contributed by atoms with van der Waals surface area (Å²) in [6.45, 7) is 0. The number of amides is 2. The Morgan fingerprint density at radius 1 is 0.596 bits per heavy atom. The van der Waals surface area contributed by atoms with Gasteiger partial charge in [0.05, 0.1) is 60.7 Å². The van der Waals surface area contributed by atoms with Crippen LogP contribution in [0.1, 0.15) is 22.3 Å². The van der Waals surface area contributed by atoms with Crippen LogP contribution in [0.2, 0.25) is 0 Å². The quantitative estimate of drug-likeness (QED) is 0.0938. The molecule has 10 nitrogen and oxygen atoms in total. The van der Waals surface area contributed by atoms with Gasteiger partial charge in [-0.2, -0.15) is 0 Å². The molecular formula is C42H32N2O8. The number of fused-ring (bicyclic) bond motifs is 5. The number of ether oxygens (including phenoxy) is 3. The van der Waals surface area contributed by atoms with Crippen LogP contribution in [-0.4, -0.2) is 43.9 Å². The van der Waals surface area contributed by atoms with E-state index in [2.05, 4.69) is 0 Å². The third-order valence-corrected chi connectivity index (χ3v) is 10.8. The smallest absolute Gasteiger partial charge is 0.273 e. The van der Waals surface area contributed by atoms with E-state index in [0.717, 1.165) is 4.90 Å². The van der Waals surface area contributed by atoms with E-state index in [1.807, 2.05) is 109 Å². The van der Waals surface area contributed by atoms with E-state index in [1.165, 1.54) is 25.3 Å². The summed E-state index contributed by atoms with van der Waals surface area (Å²) in [5.41, 5.74) is 0.262. The summed E-state index contributed by atoms with van der Waals surface area (Å²) in [4.78, 5) is 58.8. The van der Waals surface area contributed by atoms with Gasteiger partial charge in [-0.1, -0.05) is 84.9 Å². The van der Waals surface area contributed by atoms with Gasteiger partial charge in [0, 0.05) is 6.07 Å². The van der Waals surface area contributed by atoms with Gasteiger partial charge in [-0.15, -0.1) is 0 Å². The molecule has 4 atom stereocenters. The predicted octanol–water partition coefficient (Wildman–Crippen LogP) is 6.81. The van der Waals surface area contributed by atoms with Crippen LogP contribution in [0.3, 0.4) is 0 Å². The van der Waals surface area contributed by atoms with Gasteiger partial charge in [-0.3, -0.25) is 24.5 Å². The number of benzene rings is 5. The third-order valence-electron chi connectivity index (χ3n) is 10.8. The van der Waals surface area contributed by atoms with Crippen LogP contribution in [-0.2, 0) is 25.2 Å². The standard InChI is InChI=1S/C42H32N2O8/c1-50-30-19-14-25(15-20-30)34-35(26-16-21-31(51-2)22-17-26)42(28-12-8-5-9-13-28)37-36(41(34,40(42)47)27-10-6-4-7-11-27)38(45)43(39(37)46)32-23-18-29(44(48)49)24-33(32)52-3/h4-24,36-37H,1-3H3/t36-,37+,41-,42-/m1/s1. The molecule has 5 aromatic carbocycles. The molecule has 0 unspecified atom stereocenters. The first-order chi connectivity index (χ1) is 25.2. The molecular weight excluding hydrogens is 660 g/mol. The minimum atomic E-state index is -1.64. The van der Waals surface area contributed by atoms with E-state index in [-0.39, 0.29) is 22.9 Å². The lowest BCUT2D eigenvalue weighted by Crippen LogP contribution is -2.45. The molecule has 0 N–H and O–H groups in total. The maximum atomic E-state index is 16.1. The van der Waals surface area contributed by atoms with Crippen LogP contribution in [0.15, 0.2) is 127 Å². The molecule has 2 aliphatic carbocycles. The van der Waals surface area contributed by atoms with E-state index in [9.17, 15) is 10.1 Å². The number of rotatable bonds is 9. The normalized spacial score (nSPS) is 23.2. The number of nitrogens with zero attached hydrogens (tertiary/aromatic N) is 2. The van der Waals surface area contributed by atoms with Crippen molar-refractivity contribution in [2.45, 2.75) is 10.8 Å². The first-order valence-corrected chi connectivity index (χ1v) is 16.6. The zero-order chi connectivity index (χ0) is 36.4. The van der Waals surface area contributed by atoms with Gasteiger partial charge in [-0.25, -0.2) is 4.90 Å². The minimum absolute atomic E-state index is 0.0178. The van der Waals surface area contributed by atoms with E-state index in [0.29, 0.717) is 44.9 Å². The van der Waals surface area contributed by atoms with Crippen molar-refractivity contribution in [3.8, 4) is 17.2 Å². The second kappa shape index (κ2) is 12.1. The molecule has 5 aromatic rings. The van der Waals surface area contributed by atoms with Crippen LogP contribution in [0.25, 0.3) is 11.1 Å². The van der Waals surface area contributed by atoms with E-state index >= 15 is 14.4 Å². The number of hydrogen-bond acceptors (Lipinski definition) is 8. The molecule has 2 bridgehead atoms. The molecule has 1 saturated heterocycles. The molecule has 1 aliphatic heterocycles. The summed E-state index contributed by atoms with van der Waals surface area (Å²) in [6, 6.07) is 36.8. The third kappa shape index (κ3) is 4.21. The van der Waals surface area contributed by atoms with Crippen LogP contribution in [0.5, 0.6) is 17.2 Å². The van der Waals surface area contributed by atoms with Crippen molar-refractivity contribution in [3.05, 3.63) is 160 Å². The van der Waals surface area contributed by atoms with E-state index in [4.69, 9.17) is 14.2 Å². The highest BCUT2D eigenvalue weighted by molar-refractivity contribution is 6.39. The van der Waals surface area contributed by atoms with Gasteiger partial charge in [0.1, 0.15) is 17.2 Å². The summed E-state index contributed by atoms with van der Waals surface area (Å²) in [6.07, 6.45) is 0. The summed E-state index contributed by atoms with van der Waals surface area (Å²) in [5, 5.41) is 11.7. The molecule has 52 heavy (non-hydrogen) atoms. The number of ketones is 1. The lowest BCUT2D eigenvalue weighted by molar-refractivity contribution is -0.384. The molecule has 3 aliphatic rings. The largest absolute Gasteiger partial charge is 0.497 e. The minimum Gasteiger partial charge on any atom is -0.497 e. The Labute approximate surface area is 299 Å². The fraction of sp³-hybridized carbons (Fsp3) is 0.167. The van der Waals surface area contributed by atoms with E-state index < -0.39 is 39.4 Å². The van der Waals surface area contributed by atoms with Gasteiger partial charge in [-0.05, 0) is 63.7 Å². The number of anilines is 1. The number of nitro groups is 1. The Morgan fingerprint density at radius 2 is 1.04 bits per heavy atom. The average molecular weight is 693 g/mol. The summed E-state index contributed by atoms with van der Waals surface area (Å²) in [5.74, 6) is -2.65. The Morgan fingerprint density at radius 3 is 1.42 bits per heavy atom. The number of imide groups is 1. The number of allylic oxidation sites excluding steroid dienone is 2. The lowest BCUT2D eigenvalue weighted by Gasteiger charge is -2.39. The Balaban J connectivity index is 1.52. The number of Topliss-reactive ketones (excluding diaryl/α,β-unsaturated/α-hetero) is 1. The SMILES string of the molecule is COc1ccc(C2=C(c3ccc(OC)cc3)[C@@]3(c4ccccc4)C(=O)[C@@]2(c2ccccc2)[C@@H]2C(=O)N(c4ccc([N+](=O)[O-])cc4OC)C(=O)[C@@H]23)cc1. The zero-order valence-corrected chi connectivity index (χ0v) is 28.4. The van der Waals surface area contributed by atoms with Crippen molar-refractivity contribution >= 4 is 40.1 Å². The molecule has 10 heteroatoms. The Bertz CT molecular complexity index is 2180. The number of non-ortho nitro benzene ring substituents is 1. The fourth-order valence-corrected chi connectivity index (χ4v) is 8.84. The second-order valence-electron chi connectivity index (χ2n) is 13.0. The van der Waals surface area contributed by atoms with Gasteiger partial charge >= 0.3 is 0 Å². The predicted molar refractivity (Wildman–Crippen MR) is 193 cm³/mol.